The molecule has 2 unspecified atom stereocenters. The summed E-state index contributed by atoms with van der Waals surface area (Å²) in [6, 6.07) is 9.90. The summed E-state index contributed by atoms with van der Waals surface area (Å²) in [6.07, 6.45) is 3.79. The van der Waals surface area contributed by atoms with Crippen LogP contribution in [-0.4, -0.2) is 25.1 Å². The molecule has 18 heavy (non-hydrogen) atoms. The van der Waals surface area contributed by atoms with Crippen LogP contribution < -0.4 is 10.6 Å². The molecule has 2 fully saturated rings. The first-order valence-corrected chi connectivity index (χ1v) is 6.83. The van der Waals surface area contributed by atoms with Crippen molar-refractivity contribution in [2.24, 2.45) is 4.99 Å². The quantitative estimate of drug-likeness (QED) is 0.630. The first-order chi connectivity index (χ1) is 8.78. The van der Waals surface area contributed by atoms with Gasteiger partial charge in [0.25, 0.3) is 0 Å². The molecule has 0 bridgehead atoms. The predicted molar refractivity (Wildman–Crippen MR) is 75.0 cm³/mol. The monoisotopic (exact) mass is 243 g/mol. The Kier molecular flexibility index (Phi) is 2.98. The molecule has 0 heterocycles. The highest BCUT2D eigenvalue weighted by atomic mass is 15.2. The van der Waals surface area contributed by atoms with Gasteiger partial charge >= 0.3 is 0 Å². The molecule has 0 aromatic heterocycles. The zero-order chi connectivity index (χ0) is 12.5. The summed E-state index contributed by atoms with van der Waals surface area (Å²) in [5, 5.41) is 6.96. The molecule has 3 heteroatoms. The van der Waals surface area contributed by atoms with Crippen molar-refractivity contribution in [3.8, 4) is 0 Å². The maximum atomic E-state index is 4.29. The normalized spacial score (nSPS) is 26.9. The van der Waals surface area contributed by atoms with Gasteiger partial charge in [-0.05, 0) is 37.3 Å². The summed E-state index contributed by atoms with van der Waals surface area (Å²) >= 11 is 0. The van der Waals surface area contributed by atoms with Crippen molar-refractivity contribution in [3.63, 3.8) is 0 Å². The van der Waals surface area contributed by atoms with E-state index in [-0.39, 0.29) is 0 Å². The maximum absolute atomic E-state index is 4.29. The molecular formula is C15H21N3. The molecule has 2 aliphatic rings. The number of nitrogens with zero attached hydrogens (tertiary/aromatic N) is 1. The molecule has 2 saturated carbocycles. The summed E-state index contributed by atoms with van der Waals surface area (Å²) in [4.78, 5) is 4.29. The Balaban J connectivity index is 1.59. The van der Waals surface area contributed by atoms with Crippen LogP contribution in [-0.2, 0) is 0 Å². The topological polar surface area (TPSA) is 36.4 Å². The lowest BCUT2D eigenvalue weighted by Gasteiger charge is -2.11. The molecule has 2 aliphatic carbocycles. The Hall–Kier alpha value is -1.51. The molecule has 2 atom stereocenters. The van der Waals surface area contributed by atoms with E-state index in [0.717, 1.165) is 5.96 Å². The number of aliphatic imine (C=N–C) groups is 1. The first kappa shape index (κ1) is 11.6. The van der Waals surface area contributed by atoms with Crippen molar-refractivity contribution >= 4 is 5.96 Å². The Morgan fingerprint density at radius 1 is 1.22 bits per heavy atom. The fourth-order valence-corrected chi connectivity index (χ4v) is 2.47. The number of aryl methyl sites for hydroxylation is 1. The van der Waals surface area contributed by atoms with Gasteiger partial charge in [-0.25, -0.2) is 0 Å². The highest BCUT2D eigenvalue weighted by Crippen LogP contribution is 2.42. The van der Waals surface area contributed by atoms with Crippen LogP contribution in [0.25, 0.3) is 0 Å². The highest BCUT2D eigenvalue weighted by Gasteiger charge is 2.40. The molecule has 1 aromatic rings. The molecule has 0 spiro atoms. The van der Waals surface area contributed by atoms with E-state index in [4.69, 9.17) is 0 Å². The van der Waals surface area contributed by atoms with Crippen molar-refractivity contribution in [2.45, 2.75) is 44.2 Å². The van der Waals surface area contributed by atoms with Crippen molar-refractivity contribution < 1.29 is 0 Å². The average molecular weight is 243 g/mol. The first-order valence-electron chi connectivity index (χ1n) is 6.83. The van der Waals surface area contributed by atoms with Crippen molar-refractivity contribution in [1.29, 1.82) is 0 Å². The second kappa shape index (κ2) is 4.63. The molecule has 0 saturated heterocycles. The van der Waals surface area contributed by atoms with Crippen LogP contribution in [0.3, 0.4) is 0 Å². The third kappa shape index (κ3) is 2.50. The second-order valence-electron chi connectivity index (χ2n) is 5.44. The van der Waals surface area contributed by atoms with Crippen LogP contribution in [0.2, 0.25) is 0 Å². The minimum absolute atomic E-state index is 0.552. The SMILES string of the molecule is CN=C(NC1CC1)NC1CC1c1ccccc1C. The van der Waals surface area contributed by atoms with Crippen LogP contribution in [0.4, 0.5) is 0 Å². The van der Waals surface area contributed by atoms with E-state index in [0.29, 0.717) is 18.0 Å². The van der Waals surface area contributed by atoms with Crippen molar-refractivity contribution in [3.05, 3.63) is 35.4 Å². The van der Waals surface area contributed by atoms with Gasteiger partial charge in [0.15, 0.2) is 5.96 Å². The molecule has 1 aromatic carbocycles. The molecule has 0 amide bonds. The van der Waals surface area contributed by atoms with Gasteiger partial charge in [0, 0.05) is 25.0 Å². The van der Waals surface area contributed by atoms with Gasteiger partial charge in [-0.1, -0.05) is 24.3 Å². The second-order valence-corrected chi connectivity index (χ2v) is 5.44. The third-order valence-corrected chi connectivity index (χ3v) is 3.84. The van der Waals surface area contributed by atoms with E-state index in [1.165, 1.54) is 30.4 Å². The fraction of sp³-hybridized carbons (Fsp3) is 0.533. The molecule has 3 rings (SSSR count). The third-order valence-electron chi connectivity index (χ3n) is 3.84. The minimum Gasteiger partial charge on any atom is -0.354 e. The zero-order valence-corrected chi connectivity index (χ0v) is 11.1. The van der Waals surface area contributed by atoms with Crippen LogP contribution in [0, 0.1) is 6.92 Å². The molecule has 0 aliphatic heterocycles. The number of benzene rings is 1. The molecule has 0 radical (unpaired) electrons. The summed E-state index contributed by atoms with van der Waals surface area (Å²) in [5.41, 5.74) is 2.88. The lowest BCUT2D eigenvalue weighted by molar-refractivity contribution is 0.786. The van der Waals surface area contributed by atoms with E-state index in [9.17, 15) is 0 Å². The Morgan fingerprint density at radius 3 is 2.67 bits per heavy atom. The van der Waals surface area contributed by atoms with E-state index in [1.54, 1.807) is 0 Å². The van der Waals surface area contributed by atoms with Gasteiger partial charge in [0.05, 0.1) is 0 Å². The largest absolute Gasteiger partial charge is 0.354 e. The van der Waals surface area contributed by atoms with Crippen LogP contribution >= 0.6 is 0 Å². The van der Waals surface area contributed by atoms with Crippen LogP contribution in [0.1, 0.15) is 36.3 Å². The van der Waals surface area contributed by atoms with Gasteiger partial charge in [0.2, 0.25) is 0 Å². The number of hydrogen-bond donors (Lipinski definition) is 2. The lowest BCUT2D eigenvalue weighted by Crippen LogP contribution is -2.40. The molecular weight excluding hydrogens is 222 g/mol. The van der Waals surface area contributed by atoms with Gasteiger partial charge in [-0.15, -0.1) is 0 Å². The maximum Gasteiger partial charge on any atom is 0.191 e. The van der Waals surface area contributed by atoms with Gasteiger partial charge in [-0.2, -0.15) is 0 Å². The number of nitrogens with one attached hydrogen (secondary N) is 2. The lowest BCUT2D eigenvalue weighted by atomic mass is 10.0. The number of rotatable bonds is 3. The van der Waals surface area contributed by atoms with E-state index >= 15 is 0 Å². The van der Waals surface area contributed by atoms with Gasteiger partial charge < -0.3 is 10.6 Å². The van der Waals surface area contributed by atoms with E-state index in [1.807, 2.05) is 7.05 Å². The summed E-state index contributed by atoms with van der Waals surface area (Å²) < 4.78 is 0. The Morgan fingerprint density at radius 2 is 2.00 bits per heavy atom. The highest BCUT2D eigenvalue weighted by molar-refractivity contribution is 5.81. The molecule has 2 N–H and O–H groups in total. The van der Waals surface area contributed by atoms with Crippen molar-refractivity contribution in [2.75, 3.05) is 7.05 Å². The molecule has 96 valence electrons. The van der Waals surface area contributed by atoms with Crippen LogP contribution in [0.5, 0.6) is 0 Å². The average Bonchev–Trinajstić information content (AvgIpc) is 3.26. The molecule has 3 nitrogen and oxygen atoms in total. The fourth-order valence-electron chi connectivity index (χ4n) is 2.47. The smallest absolute Gasteiger partial charge is 0.191 e. The summed E-state index contributed by atoms with van der Waals surface area (Å²) in [5.74, 6) is 1.63. The number of hydrogen-bond acceptors (Lipinski definition) is 1. The van der Waals surface area contributed by atoms with Gasteiger partial charge in [0.1, 0.15) is 0 Å². The summed E-state index contributed by atoms with van der Waals surface area (Å²) in [6.45, 7) is 2.20. The standard InChI is InChI=1S/C15H21N3/c1-10-5-3-4-6-12(10)13-9-14(13)18-15(16-2)17-11-7-8-11/h3-6,11,13-14H,7-9H2,1-2H3,(H2,16,17,18). The van der Waals surface area contributed by atoms with Crippen LogP contribution in [0.15, 0.2) is 29.3 Å². The predicted octanol–water partition coefficient (Wildman–Crippen LogP) is 2.18. The van der Waals surface area contributed by atoms with Crippen molar-refractivity contribution in [1.82, 2.24) is 10.6 Å². The Bertz CT molecular complexity index is 463. The van der Waals surface area contributed by atoms with E-state index in [2.05, 4.69) is 46.8 Å². The Labute approximate surface area is 109 Å². The summed E-state index contributed by atoms with van der Waals surface area (Å²) in [7, 11) is 1.85. The zero-order valence-electron chi connectivity index (χ0n) is 11.1. The van der Waals surface area contributed by atoms with Gasteiger partial charge in [-0.3, -0.25) is 4.99 Å². The minimum atomic E-state index is 0.552. The number of guanidine groups is 1. The van der Waals surface area contributed by atoms with E-state index < -0.39 is 0 Å².